The number of hydrogen-bond acceptors (Lipinski definition) is 10. The zero-order chi connectivity index (χ0) is 30.6. The van der Waals surface area contributed by atoms with Gasteiger partial charge >= 0.3 is 18.0 Å². The molecule has 0 aliphatic rings. The van der Waals surface area contributed by atoms with Crippen LogP contribution in [0.15, 0.2) is 72.1 Å². The molecule has 1 amide bonds. The Morgan fingerprint density at radius 1 is 1.05 bits per heavy atom. The summed E-state index contributed by atoms with van der Waals surface area (Å²) in [6.07, 6.45) is -0.207. The van der Waals surface area contributed by atoms with Crippen molar-refractivity contribution in [2.45, 2.75) is 50.3 Å². The maximum atomic E-state index is 13.6. The molecule has 0 fully saturated rings. The third-order valence-corrected chi connectivity index (χ3v) is 7.01. The second-order valence-electron chi connectivity index (χ2n) is 9.69. The van der Waals surface area contributed by atoms with Crippen molar-refractivity contribution in [3.63, 3.8) is 0 Å². The van der Waals surface area contributed by atoms with E-state index in [1.165, 1.54) is 18.2 Å². The molecule has 1 N–H and O–H groups in total. The number of hydrogen-bond donors (Lipinski definition) is 1. The highest BCUT2D eigenvalue weighted by Gasteiger charge is 2.36. The van der Waals surface area contributed by atoms with Crippen LogP contribution in [0.3, 0.4) is 0 Å². The normalized spacial score (nSPS) is 12.2. The zero-order valence-corrected chi connectivity index (χ0v) is 23.8. The lowest BCUT2D eigenvalue weighted by molar-refractivity contribution is -0.387. The van der Waals surface area contributed by atoms with Gasteiger partial charge in [0.15, 0.2) is 4.90 Å². The molecular formula is C27H33N3O10S. The number of carbonyl (C=O) groups excluding carboxylic acids is 3. The maximum absolute atomic E-state index is 13.6. The molecule has 0 saturated carbocycles. The molecule has 2 rings (SSSR count). The van der Waals surface area contributed by atoms with Gasteiger partial charge in [-0.05, 0) is 32.4 Å². The SMILES string of the molecule is C=CCOC(=O)CN(C[C@@H](CC(=O)OCc1ccccc1)NC(=O)OC(C)(C)C)S(=O)(=O)c1ccccc1[N+](=O)[O-]. The molecule has 2 aromatic rings. The number of amides is 1. The highest BCUT2D eigenvalue weighted by atomic mass is 32.2. The van der Waals surface area contributed by atoms with Gasteiger partial charge in [0.2, 0.25) is 0 Å². The van der Waals surface area contributed by atoms with Crippen molar-refractivity contribution >= 4 is 33.7 Å². The molecule has 1 atom stereocenters. The number of esters is 2. The van der Waals surface area contributed by atoms with Crippen molar-refractivity contribution in [3.05, 3.63) is 82.9 Å². The van der Waals surface area contributed by atoms with Gasteiger partial charge in [0, 0.05) is 12.6 Å². The van der Waals surface area contributed by atoms with Gasteiger partial charge in [0.05, 0.1) is 17.4 Å². The van der Waals surface area contributed by atoms with Gasteiger partial charge in [-0.25, -0.2) is 13.2 Å². The van der Waals surface area contributed by atoms with E-state index in [0.717, 1.165) is 12.1 Å². The average Bonchev–Trinajstić information content (AvgIpc) is 2.89. The van der Waals surface area contributed by atoms with Crippen molar-refractivity contribution < 1.29 is 41.9 Å². The first-order valence-corrected chi connectivity index (χ1v) is 13.9. The minimum atomic E-state index is -4.73. The number of sulfonamides is 1. The quantitative estimate of drug-likeness (QED) is 0.113. The van der Waals surface area contributed by atoms with Gasteiger partial charge in [-0.2, -0.15) is 4.31 Å². The standard InChI is InChI=1S/C27H33N3O10S/c1-5-15-38-25(32)18-29(41(36,37)23-14-10-9-13-22(23)30(34)35)17-21(28-26(33)40-27(2,3)4)16-24(31)39-19-20-11-7-6-8-12-20/h5-14,21H,1,15-19H2,2-4H3,(H,28,33)/t21-/m1/s1. The van der Waals surface area contributed by atoms with Gasteiger partial charge in [0.1, 0.15) is 25.4 Å². The van der Waals surface area contributed by atoms with Crippen molar-refractivity contribution in [1.29, 1.82) is 0 Å². The number of para-hydroxylation sites is 1. The number of rotatable bonds is 14. The molecule has 0 aliphatic heterocycles. The number of alkyl carbamates (subject to hydrolysis) is 1. The first-order chi connectivity index (χ1) is 19.2. The molecule has 0 heterocycles. The second-order valence-corrected chi connectivity index (χ2v) is 11.6. The Kier molecular flexibility index (Phi) is 12.0. The van der Waals surface area contributed by atoms with Crippen molar-refractivity contribution in [2.24, 2.45) is 0 Å². The third kappa shape index (κ3) is 11.0. The predicted octanol–water partition coefficient (Wildman–Crippen LogP) is 3.34. The Hall–Kier alpha value is -4.30. The van der Waals surface area contributed by atoms with Crippen LogP contribution in [0.4, 0.5) is 10.5 Å². The fourth-order valence-electron chi connectivity index (χ4n) is 3.43. The molecule has 0 spiro atoms. The van der Waals surface area contributed by atoms with Crippen LogP contribution < -0.4 is 5.32 Å². The van der Waals surface area contributed by atoms with Crippen molar-refractivity contribution in [1.82, 2.24) is 9.62 Å². The lowest BCUT2D eigenvalue weighted by atomic mass is 10.2. The average molecular weight is 592 g/mol. The Labute approximate surface area is 238 Å². The highest BCUT2D eigenvalue weighted by Crippen LogP contribution is 2.27. The summed E-state index contributed by atoms with van der Waals surface area (Å²) in [7, 11) is -4.73. The lowest BCUT2D eigenvalue weighted by Crippen LogP contribution is -2.49. The van der Waals surface area contributed by atoms with Crippen LogP contribution in [0.5, 0.6) is 0 Å². The summed E-state index contributed by atoms with van der Waals surface area (Å²) in [6.45, 7) is 6.41. The number of nitro groups is 1. The molecule has 0 aliphatic carbocycles. The minimum Gasteiger partial charge on any atom is -0.461 e. The lowest BCUT2D eigenvalue weighted by Gasteiger charge is -2.28. The van der Waals surface area contributed by atoms with Crippen LogP contribution in [0.2, 0.25) is 0 Å². The van der Waals surface area contributed by atoms with E-state index in [9.17, 15) is 32.9 Å². The molecule has 0 saturated heterocycles. The van der Waals surface area contributed by atoms with Gasteiger partial charge < -0.3 is 19.5 Å². The summed E-state index contributed by atoms with van der Waals surface area (Å²) >= 11 is 0. The Morgan fingerprint density at radius 2 is 1.68 bits per heavy atom. The summed E-state index contributed by atoms with van der Waals surface area (Å²) in [4.78, 5) is 47.8. The zero-order valence-electron chi connectivity index (χ0n) is 23.0. The topological polar surface area (TPSA) is 171 Å². The largest absolute Gasteiger partial charge is 0.461 e. The number of carbonyl (C=O) groups is 3. The van der Waals surface area contributed by atoms with E-state index in [2.05, 4.69) is 11.9 Å². The van der Waals surface area contributed by atoms with E-state index in [4.69, 9.17) is 14.2 Å². The smallest absolute Gasteiger partial charge is 0.407 e. The Morgan fingerprint density at radius 3 is 2.29 bits per heavy atom. The number of nitrogens with one attached hydrogen (secondary N) is 1. The molecule has 41 heavy (non-hydrogen) atoms. The van der Waals surface area contributed by atoms with Crippen molar-refractivity contribution in [2.75, 3.05) is 19.7 Å². The minimum absolute atomic E-state index is 0.0784. The fraction of sp³-hybridized carbons (Fsp3) is 0.370. The first-order valence-electron chi connectivity index (χ1n) is 12.4. The summed E-state index contributed by atoms with van der Waals surface area (Å²) in [5.74, 6) is -1.78. The fourth-order valence-corrected chi connectivity index (χ4v) is 5.02. The van der Waals surface area contributed by atoms with E-state index >= 15 is 0 Å². The van der Waals surface area contributed by atoms with E-state index < -0.39 is 74.7 Å². The van der Waals surface area contributed by atoms with Crippen LogP contribution in [-0.2, 0) is 40.4 Å². The van der Waals surface area contributed by atoms with Crippen LogP contribution in [0.25, 0.3) is 0 Å². The van der Waals surface area contributed by atoms with Gasteiger partial charge in [-0.1, -0.05) is 55.1 Å². The Bertz CT molecular complexity index is 1340. The molecule has 0 aromatic heterocycles. The van der Waals surface area contributed by atoms with Crippen LogP contribution in [-0.4, -0.2) is 67.0 Å². The summed E-state index contributed by atoms with van der Waals surface area (Å²) < 4.78 is 43.4. The van der Waals surface area contributed by atoms with E-state index in [-0.39, 0.29) is 13.2 Å². The summed E-state index contributed by atoms with van der Waals surface area (Å²) in [6, 6.07) is 12.1. The molecule has 13 nitrogen and oxygen atoms in total. The van der Waals surface area contributed by atoms with E-state index in [0.29, 0.717) is 9.87 Å². The summed E-state index contributed by atoms with van der Waals surface area (Å²) in [5.41, 5.74) is -0.952. The number of ether oxygens (including phenoxy) is 3. The molecule has 222 valence electrons. The number of nitrogens with zero attached hydrogens (tertiary/aromatic N) is 2. The van der Waals surface area contributed by atoms with E-state index in [1.54, 1.807) is 51.1 Å². The third-order valence-electron chi connectivity index (χ3n) is 5.15. The van der Waals surface area contributed by atoms with Gasteiger partial charge in [-0.15, -0.1) is 0 Å². The molecule has 0 bridgehead atoms. The van der Waals surface area contributed by atoms with E-state index in [1.807, 2.05) is 0 Å². The van der Waals surface area contributed by atoms with Gasteiger partial charge in [0.25, 0.3) is 15.7 Å². The second kappa shape index (κ2) is 14.9. The monoisotopic (exact) mass is 591 g/mol. The highest BCUT2D eigenvalue weighted by molar-refractivity contribution is 7.89. The molecule has 14 heteroatoms. The summed E-state index contributed by atoms with van der Waals surface area (Å²) in [5, 5.41) is 14.0. The van der Waals surface area contributed by atoms with Crippen LogP contribution >= 0.6 is 0 Å². The predicted molar refractivity (Wildman–Crippen MR) is 147 cm³/mol. The molecule has 0 radical (unpaired) electrons. The van der Waals surface area contributed by atoms with Crippen molar-refractivity contribution in [3.8, 4) is 0 Å². The van der Waals surface area contributed by atoms with Crippen LogP contribution in [0, 0.1) is 10.1 Å². The van der Waals surface area contributed by atoms with Gasteiger partial charge in [-0.3, -0.25) is 19.7 Å². The maximum Gasteiger partial charge on any atom is 0.407 e. The molecular weight excluding hydrogens is 558 g/mol. The molecule has 2 aromatic carbocycles. The van der Waals surface area contributed by atoms with Crippen LogP contribution in [0.1, 0.15) is 32.8 Å². The number of nitro benzene ring substituents is 1. The first kappa shape index (κ1) is 32.9. The number of benzene rings is 2. The Balaban J connectivity index is 2.41. The molecule has 0 unspecified atom stereocenters.